The zero-order valence-electron chi connectivity index (χ0n) is 12.2. The molecule has 5 nitrogen and oxygen atoms in total. The Hall–Kier alpha value is -0.890. The lowest BCUT2D eigenvalue weighted by Crippen LogP contribution is -2.56. The van der Waals surface area contributed by atoms with Gasteiger partial charge in [-0.2, -0.15) is 0 Å². The van der Waals surface area contributed by atoms with Crippen LogP contribution in [0.1, 0.15) is 10.6 Å². The predicted molar refractivity (Wildman–Crippen MR) is 106 cm³/mol. The molecule has 0 saturated carbocycles. The second-order valence-electron chi connectivity index (χ2n) is 4.62. The van der Waals surface area contributed by atoms with E-state index in [1.165, 1.54) is 12.3 Å². The van der Waals surface area contributed by atoms with E-state index in [9.17, 15) is 4.79 Å². The SMILES string of the molecule is O=C(N[C@@H](NC(=S)Nc1c(Cl)cccc1Cl)C(Cl)(Cl)Cl)c1ccco1. The Bertz CT molecular complexity index is 744. The molecule has 0 radical (unpaired) electrons. The number of para-hydroxylation sites is 1. The van der Waals surface area contributed by atoms with Crippen molar-refractivity contribution in [2.45, 2.75) is 9.96 Å². The van der Waals surface area contributed by atoms with Crippen LogP contribution in [-0.2, 0) is 0 Å². The number of anilines is 1. The monoisotopic (exact) mass is 459 g/mol. The second kappa shape index (κ2) is 8.66. The van der Waals surface area contributed by atoms with Crippen LogP contribution in [0.15, 0.2) is 41.0 Å². The Morgan fingerprint density at radius 2 is 1.72 bits per heavy atom. The van der Waals surface area contributed by atoms with Crippen molar-refractivity contribution in [2.75, 3.05) is 5.32 Å². The quantitative estimate of drug-likeness (QED) is 0.340. The van der Waals surface area contributed by atoms with E-state index in [0.29, 0.717) is 15.7 Å². The smallest absolute Gasteiger partial charge is 0.288 e. The summed E-state index contributed by atoms with van der Waals surface area (Å²) in [7, 11) is 0. The summed E-state index contributed by atoms with van der Waals surface area (Å²) in [4.78, 5) is 12.1. The third-order valence-electron chi connectivity index (χ3n) is 2.82. The van der Waals surface area contributed by atoms with Gasteiger partial charge >= 0.3 is 0 Å². The van der Waals surface area contributed by atoms with Crippen molar-refractivity contribution in [1.82, 2.24) is 10.6 Å². The Morgan fingerprint density at radius 1 is 1.08 bits per heavy atom. The first-order valence-electron chi connectivity index (χ1n) is 6.61. The standard InChI is InChI=1S/C14H10Cl5N3O2S/c15-7-3-1-4-8(16)10(7)20-13(25)22-12(14(17,18)19)21-11(23)9-5-2-6-24-9/h1-6,12H,(H,21,23)(H2,20,22,25)/t12-/m0/s1. The average molecular weight is 462 g/mol. The maximum absolute atomic E-state index is 12.1. The number of amides is 1. The van der Waals surface area contributed by atoms with E-state index in [4.69, 9.17) is 74.6 Å². The third kappa shape index (κ3) is 5.81. The molecule has 134 valence electrons. The van der Waals surface area contributed by atoms with Crippen LogP contribution in [0.2, 0.25) is 10.0 Å². The van der Waals surface area contributed by atoms with E-state index < -0.39 is 15.9 Å². The van der Waals surface area contributed by atoms with Crippen LogP contribution in [-0.4, -0.2) is 21.0 Å². The molecular weight excluding hydrogens is 452 g/mol. The van der Waals surface area contributed by atoms with Crippen molar-refractivity contribution in [2.24, 2.45) is 0 Å². The molecule has 11 heteroatoms. The molecule has 0 aliphatic heterocycles. The van der Waals surface area contributed by atoms with E-state index in [0.717, 1.165) is 0 Å². The molecule has 2 aromatic rings. The molecule has 0 aliphatic carbocycles. The highest BCUT2D eigenvalue weighted by Gasteiger charge is 2.35. The normalized spacial score (nSPS) is 12.4. The van der Waals surface area contributed by atoms with Gasteiger partial charge in [0.25, 0.3) is 5.91 Å². The molecule has 0 aliphatic rings. The number of hydrogen-bond donors (Lipinski definition) is 3. The molecule has 0 unspecified atom stereocenters. The largest absolute Gasteiger partial charge is 0.459 e. The summed E-state index contributed by atoms with van der Waals surface area (Å²) in [6.07, 6.45) is 0.189. The lowest BCUT2D eigenvalue weighted by molar-refractivity contribution is 0.0906. The third-order valence-corrected chi connectivity index (χ3v) is 4.33. The zero-order chi connectivity index (χ0) is 18.6. The van der Waals surface area contributed by atoms with Crippen molar-refractivity contribution in [1.29, 1.82) is 0 Å². The molecule has 2 rings (SSSR count). The minimum atomic E-state index is -1.90. The molecule has 0 spiro atoms. The maximum atomic E-state index is 12.1. The molecule has 0 saturated heterocycles. The Kier molecular flexibility index (Phi) is 7.08. The van der Waals surface area contributed by atoms with Gasteiger partial charge in [-0.3, -0.25) is 4.79 Å². The lowest BCUT2D eigenvalue weighted by atomic mass is 10.3. The molecule has 1 atom stereocenters. The summed E-state index contributed by atoms with van der Waals surface area (Å²) in [6, 6.07) is 7.95. The Balaban J connectivity index is 2.09. The molecule has 1 aromatic heterocycles. The number of carbonyl (C=O) groups is 1. The lowest BCUT2D eigenvalue weighted by Gasteiger charge is -2.27. The first kappa shape index (κ1) is 20.4. The highest BCUT2D eigenvalue weighted by Crippen LogP contribution is 2.31. The summed E-state index contributed by atoms with van der Waals surface area (Å²) in [6.45, 7) is 0. The summed E-state index contributed by atoms with van der Waals surface area (Å²) in [5.74, 6) is -0.540. The summed E-state index contributed by atoms with van der Waals surface area (Å²) in [5, 5.41) is 8.68. The number of halogens is 5. The zero-order valence-corrected chi connectivity index (χ0v) is 16.8. The summed E-state index contributed by atoms with van der Waals surface area (Å²) in [5.41, 5.74) is 0.378. The fourth-order valence-corrected chi connectivity index (χ4v) is 2.75. The van der Waals surface area contributed by atoms with Crippen molar-refractivity contribution in [3.8, 4) is 0 Å². The van der Waals surface area contributed by atoms with E-state index >= 15 is 0 Å². The van der Waals surface area contributed by atoms with Crippen molar-refractivity contribution in [3.05, 3.63) is 52.4 Å². The summed E-state index contributed by atoms with van der Waals surface area (Å²) >= 11 is 35.0. The number of nitrogens with one attached hydrogen (secondary N) is 3. The number of thiocarbonyl (C=S) groups is 1. The van der Waals surface area contributed by atoms with Gasteiger partial charge in [0.15, 0.2) is 10.9 Å². The molecule has 0 bridgehead atoms. The van der Waals surface area contributed by atoms with Crippen LogP contribution in [0, 0.1) is 0 Å². The van der Waals surface area contributed by atoms with E-state index in [1.807, 2.05) is 0 Å². The number of rotatable bonds is 4. The predicted octanol–water partition coefficient (Wildman–Crippen LogP) is 5.00. The number of carbonyl (C=O) groups excluding carboxylic acids is 1. The van der Waals surface area contributed by atoms with Crippen LogP contribution in [0.3, 0.4) is 0 Å². The molecule has 0 fully saturated rings. The van der Waals surface area contributed by atoms with Crippen LogP contribution in [0.25, 0.3) is 0 Å². The fourth-order valence-electron chi connectivity index (χ4n) is 1.71. The minimum Gasteiger partial charge on any atom is -0.459 e. The topological polar surface area (TPSA) is 66.3 Å². The summed E-state index contributed by atoms with van der Waals surface area (Å²) < 4.78 is 3.08. The van der Waals surface area contributed by atoms with Gasteiger partial charge in [-0.25, -0.2) is 0 Å². The van der Waals surface area contributed by atoms with Gasteiger partial charge in [-0.05, 0) is 36.5 Å². The number of hydrogen-bond acceptors (Lipinski definition) is 3. The van der Waals surface area contributed by atoms with E-state index in [-0.39, 0.29) is 10.9 Å². The van der Waals surface area contributed by atoms with Crippen molar-refractivity contribution < 1.29 is 9.21 Å². The maximum Gasteiger partial charge on any atom is 0.288 e. The minimum absolute atomic E-state index is 0.0334. The van der Waals surface area contributed by atoms with Gasteiger partial charge in [0, 0.05) is 0 Å². The first-order valence-corrected chi connectivity index (χ1v) is 8.91. The Labute approximate surface area is 173 Å². The average Bonchev–Trinajstić information content (AvgIpc) is 3.04. The highest BCUT2D eigenvalue weighted by molar-refractivity contribution is 7.80. The molecule has 3 N–H and O–H groups in total. The second-order valence-corrected chi connectivity index (χ2v) is 8.21. The van der Waals surface area contributed by atoms with Gasteiger partial charge in [0.2, 0.25) is 3.79 Å². The van der Waals surface area contributed by atoms with Crippen LogP contribution in [0.5, 0.6) is 0 Å². The van der Waals surface area contributed by atoms with Gasteiger partial charge in [-0.1, -0.05) is 64.1 Å². The van der Waals surface area contributed by atoms with Crippen LogP contribution >= 0.6 is 70.2 Å². The molecular formula is C14H10Cl5N3O2S. The Morgan fingerprint density at radius 3 is 2.24 bits per heavy atom. The first-order chi connectivity index (χ1) is 11.7. The number of furan rings is 1. The molecule has 1 heterocycles. The van der Waals surface area contributed by atoms with Gasteiger partial charge in [0.05, 0.1) is 22.0 Å². The van der Waals surface area contributed by atoms with Crippen LogP contribution in [0.4, 0.5) is 5.69 Å². The van der Waals surface area contributed by atoms with Gasteiger partial charge in [0.1, 0.15) is 6.17 Å². The van der Waals surface area contributed by atoms with E-state index in [2.05, 4.69) is 16.0 Å². The van der Waals surface area contributed by atoms with Crippen molar-refractivity contribution >= 4 is 86.9 Å². The highest BCUT2D eigenvalue weighted by atomic mass is 35.6. The van der Waals surface area contributed by atoms with Gasteiger partial charge < -0.3 is 20.4 Å². The number of alkyl halides is 3. The molecule has 1 amide bonds. The fraction of sp³-hybridized carbons (Fsp3) is 0.143. The van der Waals surface area contributed by atoms with Crippen molar-refractivity contribution in [3.63, 3.8) is 0 Å². The van der Waals surface area contributed by atoms with Gasteiger partial charge in [-0.15, -0.1) is 0 Å². The molecule has 1 aromatic carbocycles. The van der Waals surface area contributed by atoms with E-state index in [1.54, 1.807) is 24.3 Å². The number of benzene rings is 1. The molecule has 25 heavy (non-hydrogen) atoms. The van der Waals surface area contributed by atoms with Crippen LogP contribution < -0.4 is 16.0 Å².